The van der Waals surface area contributed by atoms with Gasteiger partial charge in [-0.05, 0) is 19.1 Å². The van der Waals surface area contributed by atoms with Crippen LogP contribution in [0.1, 0.15) is 6.92 Å². The standard InChI is InChI=1S/C12H10F3N3/c1-2-17-11-6-16-5-10(18-11)7-3-8(13)12(15)9(14)4-7/h3-6H,2H2,1H3,(H,17,18). The Morgan fingerprint density at radius 3 is 2.39 bits per heavy atom. The molecule has 0 amide bonds. The fraction of sp³-hybridized carbons (Fsp3) is 0.167. The summed E-state index contributed by atoms with van der Waals surface area (Å²) >= 11 is 0. The van der Waals surface area contributed by atoms with E-state index in [1.54, 1.807) is 0 Å². The first-order valence-electron chi connectivity index (χ1n) is 5.32. The fourth-order valence-corrected chi connectivity index (χ4v) is 1.47. The molecule has 94 valence electrons. The van der Waals surface area contributed by atoms with Gasteiger partial charge in [0.05, 0.1) is 18.1 Å². The molecule has 0 saturated carbocycles. The summed E-state index contributed by atoms with van der Waals surface area (Å²) in [4.78, 5) is 8.01. The normalized spacial score (nSPS) is 10.4. The van der Waals surface area contributed by atoms with E-state index in [9.17, 15) is 13.2 Å². The Morgan fingerprint density at radius 1 is 1.11 bits per heavy atom. The fourth-order valence-electron chi connectivity index (χ4n) is 1.47. The SMILES string of the molecule is CCNc1cncc(-c2cc(F)c(F)c(F)c2)n1. The van der Waals surface area contributed by atoms with Crippen molar-refractivity contribution in [3.05, 3.63) is 42.0 Å². The Balaban J connectivity index is 2.45. The number of hydrogen-bond donors (Lipinski definition) is 1. The monoisotopic (exact) mass is 253 g/mol. The first kappa shape index (κ1) is 12.3. The molecule has 1 heterocycles. The molecular formula is C12H10F3N3. The van der Waals surface area contributed by atoms with Crippen molar-refractivity contribution >= 4 is 5.82 Å². The van der Waals surface area contributed by atoms with Gasteiger partial charge in [-0.15, -0.1) is 0 Å². The van der Waals surface area contributed by atoms with E-state index in [0.717, 1.165) is 12.1 Å². The minimum atomic E-state index is -1.49. The molecule has 0 bridgehead atoms. The van der Waals surface area contributed by atoms with Crippen molar-refractivity contribution in [3.8, 4) is 11.3 Å². The van der Waals surface area contributed by atoms with Crippen molar-refractivity contribution in [3.63, 3.8) is 0 Å². The van der Waals surface area contributed by atoms with E-state index in [1.807, 2.05) is 6.92 Å². The molecule has 0 aliphatic heterocycles. The van der Waals surface area contributed by atoms with E-state index < -0.39 is 17.5 Å². The lowest BCUT2D eigenvalue weighted by molar-refractivity contribution is 0.447. The van der Waals surface area contributed by atoms with Gasteiger partial charge >= 0.3 is 0 Å². The number of rotatable bonds is 3. The van der Waals surface area contributed by atoms with Crippen molar-refractivity contribution in [2.24, 2.45) is 0 Å². The quantitative estimate of drug-likeness (QED) is 0.854. The summed E-state index contributed by atoms with van der Waals surface area (Å²) in [6.07, 6.45) is 2.84. The van der Waals surface area contributed by atoms with Crippen LogP contribution in [0.15, 0.2) is 24.5 Å². The van der Waals surface area contributed by atoms with Gasteiger partial charge < -0.3 is 5.32 Å². The summed E-state index contributed by atoms with van der Waals surface area (Å²) in [5.74, 6) is -3.50. The Kier molecular flexibility index (Phi) is 3.45. The maximum atomic E-state index is 13.1. The average Bonchev–Trinajstić information content (AvgIpc) is 2.36. The smallest absolute Gasteiger partial charge is 0.194 e. The van der Waals surface area contributed by atoms with Crippen LogP contribution in [0.25, 0.3) is 11.3 Å². The van der Waals surface area contributed by atoms with Crippen molar-refractivity contribution in [2.75, 3.05) is 11.9 Å². The van der Waals surface area contributed by atoms with Gasteiger partial charge in [0, 0.05) is 12.1 Å². The second-order valence-corrected chi connectivity index (χ2v) is 3.57. The number of hydrogen-bond acceptors (Lipinski definition) is 3. The molecule has 0 spiro atoms. The number of nitrogens with one attached hydrogen (secondary N) is 1. The van der Waals surface area contributed by atoms with E-state index in [1.165, 1.54) is 12.4 Å². The highest BCUT2D eigenvalue weighted by atomic mass is 19.2. The second-order valence-electron chi connectivity index (χ2n) is 3.57. The molecule has 2 aromatic rings. The largest absolute Gasteiger partial charge is 0.369 e. The summed E-state index contributed by atoms with van der Waals surface area (Å²) in [5.41, 5.74) is 0.407. The third-order valence-corrected chi connectivity index (χ3v) is 2.27. The van der Waals surface area contributed by atoms with Gasteiger partial charge in [-0.25, -0.2) is 18.2 Å². The lowest BCUT2D eigenvalue weighted by Gasteiger charge is -2.05. The molecule has 0 atom stereocenters. The van der Waals surface area contributed by atoms with Crippen LogP contribution in [-0.2, 0) is 0 Å². The molecule has 0 saturated heterocycles. The first-order chi connectivity index (χ1) is 8.61. The van der Waals surface area contributed by atoms with Crippen molar-refractivity contribution in [2.45, 2.75) is 6.92 Å². The van der Waals surface area contributed by atoms with Crippen LogP contribution in [0.5, 0.6) is 0 Å². The third kappa shape index (κ3) is 2.42. The second kappa shape index (κ2) is 5.03. The Hall–Kier alpha value is -2.11. The predicted octanol–water partition coefficient (Wildman–Crippen LogP) is 2.99. The third-order valence-electron chi connectivity index (χ3n) is 2.27. The number of aromatic nitrogens is 2. The van der Waals surface area contributed by atoms with Gasteiger partial charge in [0.25, 0.3) is 0 Å². The maximum absolute atomic E-state index is 13.1. The van der Waals surface area contributed by atoms with E-state index in [2.05, 4.69) is 15.3 Å². The maximum Gasteiger partial charge on any atom is 0.194 e. The lowest BCUT2D eigenvalue weighted by Crippen LogP contribution is -2.01. The van der Waals surface area contributed by atoms with E-state index in [0.29, 0.717) is 12.4 Å². The van der Waals surface area contributed by atoms with Gasteiger partial charge in [-0.3, -0.25) is 4.98 Å². The number of benzene rings is 1. The Bertz CT molecular complexity index is 549. The Labute approximate surface area is 102 Å². The number of anilines is 1. The molecule has 0 aliphatic carbocycles. The van der Waals surface area contributed by atoms with Crippen molar-refractivity contribution in [1.29, 1.82) is 0 Å². The summed E-state index contributed by atoms with van der Waals surface area (Å²) in [7, 11) is 0. The summed E-state index contributed by atoms with van der Waals surface area (Å²) in [5, 5.41) is 2.92. The van der Waals surface area contributed by atoms with Crippen molar-refractivity contribution < 1.29 is 13.2 Å². The van der Waals surface area contributed by atoms with E-state index >= 15 is 0 Å². The number of nitrogens with zero attached hydrogens (tertiary/aromatic N) is 2. The molecule has 0 unspecified atom stereocenters. The lowest BCUT2D eigenvalue weighted by atomic mass is 10.1. The molecule has 3 nitrogen and oxygen atoms in total. The molecule has 1 N–H and O–H groups in total. The molecular weight excluding hydrogens is 243 g/mol. The van der Waals surface area contributed by atoms with E-state index in [-0.39, 0.29) is 11.3 Å². The highest BCUT2D eigenvalue weighted by Gasteiger charge is 2.12. The van der Waals surface area contributed by atoms with Crippen LogP contribution in [0.2, 0.25) is 0 Å². The zero-order valence-electron chi connectivity index (χ0n) is 9.54. The van der Waals surface area contributed by atoms with Gasteiger partial charge in [0.2, 0.25) is 0 Å². The molecule has 0 aliphatic rings. The molecule has 0 fully saturated rings. The van der Waals surface area contributed by atoms with Gasteiger partial charge in [0.15, 0.2) is 17.5 Å². The highest BCUT2D eigenvalue weighted by molar-refractivity contribution is 5.60. The van der Waals surface area contributed by atoms with Crippen LogP contribution in [0, 0.1) is 17.5 Å². The topological polar surface area (TPSA) is 37.8 Å². The van der Waals surface area contributed by atoms with Crippen LogP contribution in [0.4, 0.5) is 19.0 Å². The van der Waals surface area contributed by atoms with Gasteiger partial charge in [-0.1, -0.05) is 0 Å². The van der Waals surface area contributed by atoms with Crippen LogP contribution >= 0.6 is 0 Å². The molecule has 2 rings (SSSR count). The summed E-state index contributed by atoms with van der Waals surface area (Å²) in [6.45, 7) is 2.52. The zero-order chi connectivity index (χ0) is 13.1. The molecule has 18 heavy (non-hydrogen) atoms. The minimum absolute atomic E-state index is 0.138. The van der Waals surface area contributed by atoms with Gasteiger partial charge in [-0.2, -0.15) is 0 Å². The molecule has 0 radical (unpaired) electrons. The average molecular weight is 253 g/mol. The van der Waals surface area contributed by atoms with Crippen molar-refractivity contribution in [1.82, 2.24) is 9.97 Å². The predicted molar refractivity (Wildman–Crippen MR) is 61.5 cm³/mol. The van der Waals surface area contributed by atoms with Gasteiger partial charge in [0.1, 0.15) is 5.82 Å². The molecule has 1 aromatic carbocycles. The Morgan fingerprint density at radius 2 is 1.78 bits per heavy atom. The van der Waals surface area contributed by atoms with Crippen LogP contribution < -0.4 is 5.32 Å². The molecule has 6 heteroatoms. The minimum Gasteiger partial charge on any atom is -0.369 e. The first-order valence-corrected chi connectivity index (χ1v) is 5.32. The molecule has 1 aromatic heterocycles. The number of halogens is 3. The van der Waals surface area contributed by atoms with Crippen LogP contribution in [-0.4, -0.2) is 16.5 Å². The van der Waals surface area contributed by atoms with E-state index in [4.69, 9.17) is 0 Å². The highest BCUT2D eigenvalue weighted by Crippen LogP contribution is 2.22. The van der Waals surface area contributed by atoms with Crippen LogP contribution in [0.3, 0.4) is 0 Å². The zero-order valence-corrected chi connectivity index (χ0v) is 9.54. The summed E-state index contributed by atoms with van der Waals surface area (Å²) in [6, 6.07) is 1.77. The summed E-state index contributed by atoms with van der Waals surface area (Å²) < 4.78 is 39.0.